The molecule has 1 saturated heterocycles. The summed E-state index contributed by atoms with van der Waals surface area (Å²) in [6.45, 7) is 4.32. The molecule has 3 aromatic carbocycles. The monoisotopic (exact) mass is 677 g/mol. The van der Waals surface area contributed by atoms with Crippen LogP contribution in [0.5, 0.6) is 5.75 Å². The maximum Gasteiger partial charge on any atom is 0.499 e. The molecule has 0 atom stereocenters. The van der Waals surface area contributed by atoms with Crippen LogP contribution < -0.4 is 26.1 Å². The number of alkyl halides is 5. The molecule has 3 aromatic rings. The van der Waals surface area contributed by atoms with E-state index in [1.807, 2.05) is 24.3 Å². The number of hydrazone groups is 1. The van der Waals surface area contributed by atoms with Crippen LogP contribution in [0.15, 0.2) is 82.9 Å². The number of rotatable bonds is 10. The van der Waals surface area contributed by atoms with E-state index in [2.05, 4.69) is 50.1 Å². The van der Waals surface area contributed by atoms with Crippen molar-refractivity contribution in [3.63, 3.8) is 0 Å². The standard InChI is InChI=1S/C31H32F5N7O3S/c1-19(2)24-5-3-4-6-25(24)41-28(47)43-39-15-20-7-9-21(10-8-20)26(37)42-27(38-16-29(44)17-45-18-29)40-22-11-13-23(14-12-22)46-31(35,36)30(32,33)34/h3-15,19,44H,16-18H2,1-2H3,(H2,41,43,47)(H3,37,38,40,42)/b39-15+. The van der Waals surface area contributed by atoms with Gasteiger partial charge in [-0.05, 0) is 59.6 Å². The fourth-order valence-electron chi connectivity index (χ4n) is 4.08. The van der Waals surface area contributed by atoms with Crippen molar-refractivity contribution in [3.05, 3.63) is 89.5 Å². The molecule has 1 heterocycles. The number of nitrogens with zero attached hydrogens (tertiary/aromatic N) is 2. The van der Waals surface area contributed by atoms with E-state index in [4.69, 9.17) is 22.4 Å². The molecule has 1 aliphatic heterocycles. The van der Waals surface area contributed by atoms with E-state index in [0.29, 0.717) is 22.2 Å². The number of anilines is 2. The summed E-state index contributed by atoms with van der Waals surface area (Å²) in [7, 11) is 0. The Balaban J connectivity index is 1.39. The molecule has 0 aromatic heterocycles. The second kappa shape index (κ2) is 14.8. The van der Waals surface area contributed by atoms with E-state index in [1.165, 1.54) is 12.1 Å². The third kappa shape index (κ3) is 9.91. The van der Waals surface area contributed by atoms with Crippen LogP contribution in [0.2, 0.25) is 0 Å². The van der Waals surface area contributed by atoms with Crippen molar-refractivity contribution in [2.24, 2.45) is 10.1 Å². The zero-order valence-corrected chi connectivity index (χ0v) is 26.0. The molecule has 250 valence electrons. The Hall–Kier alpha value is -4.67. The maximum atomic E-state index is 13.2. The summed E-state index contributed by atoms with van der Waals surface area (Å²) < 4.78 is 72.7. The minimum absolute atomic E-state index is 0.000457. The first kappa shape index (κ1) is 35.2. The smallest absolute Gasteiger partial charge is 0.426 e. The zero-order chi connectivity index (χ0) is 34.2. The van der Waals surface area contributed by atoms with Gasteiger partial charge in [0.2, 0.25) is 5.96 Å². The fraction of sp³-hybridized carbons (Fsp3) is 0.290. The molecule has 10 nitrogen and oxygen atoms in total. The summed E-state index contributed by atoms with van der Waals surface area (Å²) in [5.74, 6) is -0.597. The number of aliphatic hydroxyl groups is 1. The predicted molar refractivity (Wildman–Crippen MR) is 174 cm³/mol. The molecule has 16 heteroatoms. The highest BCUT2D eigenvalue weighted by atomic mass is 32.1. The Kier molecular flexibility index (Phi) is 11.1. The molecular formula is C31H32F5N7O3S. The molecule has 0 saturated carbocycles. The van der Waals surface area contributed by atoms with E-state index in [9.17, 15) is 27.1 Å². The minimum atomic E-state index is -5.88. The molecule has 6 N–H and O–H groups in total. The van der Waals surface area contributed by atoms with Gasteiger partial charge in [0, 0.05) is 16.9 Å². The average Bonchev–Trinajstić information content (AvgIpc) is 2.99. The lowest BCUT2D eigenvalue weighted by atomic mass is 10.0. The molecule has 4 rings (SSSR count). The summed E-state index contributed by atoms with van der Waals surface area (Å²) in [6.07, 6.45) is -9.70. The molecule has 0 amide bonds. The first-order valence-corrected chi connectivity index (χ1v) is 14.6. The number of guanidine groups is 1. The van der Waals surface area contributed by atoms with E-state index in [1.54, 1.807) is 30.5 Å². The summed E-state index contributed by atoms with van der Waals surface area (Å²) in [6, 6.07) is 18.7. The quantitative estimate of drug-likeness (QED) is 0.0521. The van der Waals surface area contributed by atoms with Gasteiger partial charge in [0.25, 0.3) is 0 Å². The molecule has 0 spiro atoms. The van der Waals surface area contributed by atoms with Gasteiger partial charge in [0.05, 0.1) is 26.0 Å². The number of para-hydroxylation sites is 1. The zero-order valence-electron chi connectivity index (χ0n) is 25.2. The summed E-state index contributed by atoms with van der Waals surface area (Å²) in [4.78, 5) is 4.25. The Labute approximate surface area is 272 Å². The Morgan fingerprint density at radius 2 is 1.68 bits per heavy atom. The predicted octanol–water partition coefficient (Wildman–Crippen LogP) is 5.81. The topological polar surface area (TPSA) is 135 Å². The van der Waals surface area contributed by atoms with Crippen molar-refractivity contribution >= 4 is 46.7 Å². The van der Waals surface area contributed by atoms with Gasteiger partial charge in [-0.15, -0.1) is 0 Å². The number of thiocarbonyl (C=S) groups is 1. The van der Waals surface area contributed by atoms with Crippen LogP contribution in [0, 0.1) is 5.41 Å². The van der Waals surface area contributed by atoms with E-state index >= 15 is 0 Å². The van der Waals surface area contributed by atoms with Crippen molar-refractivity contribution in [2.45, 2.75) is 37.7 Å². The number of ether oxygens (including phenoxy) is 2. The number of hydrogen-bond donors (Lipinski definition) is 6. The lowest BCUT2D eigenvalue weighted by molar-refractivity contribution is -0.360. The highest BCUT2D eigenvalue weighted by molar-refractivity contribution is 7.80. The molecule has 0 aliphatic carbocycles. The van der Waals surface area contributed by atoms with Crippen molar-refractivity contribution in [2.75, 3.05) is 30.4 Å². The number of benzene rings is 3. The summed E-state index contributed by atoms with van der Waals surface area (Å²) in [5, 5.41) is 32.2. The summed E-state index contributed by atoms with van der Waals surface area (Å²) >= 11 is 5.35. The molecule has 0 radical (unpaired) electrons. The van der Waals surface area contributed by atoms with Crippen LogP contribution in [0.1, 0.15) is 36.5 Å². The SMILES string of the molecule is CC(C)c1ccccc1NC(=S)N/N=C/c1ccc(C(=N)/N=C(/NCC2(O)COC2)Nc2ccc(OC(F)(F)C(F)(F)F)cc2)cc1. The van der Waals surface area contributed by atoms with Gasteiger partial charge in [0.1, 0.15) is 11.4 Å². The Morgan fingerprint density at radius 3 is 2.28 bits per heavy atom. The maximum absolute atomic E-state index is 13.2. The van der Waals surface area contributed by atoms with E-state index in [0.717, 1.165) is 23.4 Å². The average molecular weight is 678 g/mol. The molecule has 0 unspecified atom stereocenters. The van der Waals surface area contributed by atoms with Crippen LogP contribution in [0.3, 0.4) is 0 Å². The normalized spacial score (nSPS) is 14.8. The molecule has 1 fully saturated rings. The largest absolute Gasteiger partial charge is 0.499 e. The third-order valence-electron chi connectivity index (χ3n) is 6.64. The molecule has 1 aliphatic rings. The highest BCUT2D eigenvalue weighted by Crippen LogP contribution is 2.37. The molecular weight excluding hydrogens is 645 g/mol. The van der Waals surface area contributed by atoms with Crippen molar-refractivity contribution in [1.29, 1.82) is 5.41 Å². The van der Waals surface area contributed by atoms with Crippen LogP contribution in [-0.4, -0.2) is 65.9 Å². The second-order valence-corrected chi connectivity index (χ2v) is 11.2. The number of aliphatic imine (C=N–C) groups is 1. The van der Waals surface area contributed by atoms with Gasteiger partial charge in [-0.2, -0.15) is 32.0 Å². The Bertz CT molecular complexity index is 1610. The van der Waals surface area contributed by atoms with Crippen molar-refractivity contribution in [3.8, 4) is 5.75 Å². The van der Waals surface area contributed by atoms with Gasteiger partial charge in [-0.1, -0.05) is 56.3 Å². The number of amidine groups is 1. The van der Waals surface area contributed by atoms with Gasteiger partial charge in [-0.25, -0.2) is 0 Å². The van der Waals surface area contributed by atoms with Crippen molar-refractivity contribution in [1.82, 2.24) is 10.7 Å². The number of halogens is 5. The first-order chi connectivity index (χ1) is 22.1. The highest BCUT2D eigenvalue weighted by Gasteiger charge is 2.61. The first-order valence-electron chi connectivity index (χ1n) is 14.2. The number of hydrogen-bond acceptors (Lipinski definition) is 6. The van der Waals surface area contributed by atoms with Crippen LogP contribution in [0.25, 0.3) is 0 Å². The van der Waals surface area contributed by atoms with E-state index < -0.39 is 23.6 Å². The van der Waals surface area contributed by atoms with Crippen LogP contribution in [0.4, 0.5) is 33.3 Å². The summed E-state index contributed by atoms with van der Waals surface area (Å²) in [5.41, 5.74) is 4.94. The van der Waals surface area contributed by atoms with Crippen molar-refractivity contribution < 1.29 is 36.5 Å². The van der Waals surface area contributed by atoms with Crippen LogP contribution >= 0.6 is 12.2 Å². The van der Waals surface area contributed by atoms with Gasteiger partial charge >= 0.3 is 12.3 Å². The third-order valence-corrected chi connectivity index (χ3v) is 6.83. The van der Waals surface area contributed by atoms with Gasteiger partial charge < -0.3 is 30.5 Å². The number of nitrogens with one attached hydrogen (secondary N) is 5. The molecule has 47 heavy (non-hydrogen) atoms. The van der Waals surface area contributed by atoms with Crippen LogP contribution in [-0.2, 0) is 4.74 Å². The fourth-order valence-corrected chi connectivity index (χ4v) is 4.24. The van der Waals surface area contributed by atoms with Gasteiger partial charge in [0.15, 0.2) is 10.9 Å². The minimum Gasteiger partial charge on any atom is -0.426 e. The Morgan fingerprint density at radius 1 is 1.02 bits per heavy atom. The lowest BCUT2D eigenvalue weighted by Gasteiger charge is -2.36. The van der Waals surface area contributed by atoms with Gasteiger partial charge in [-0.3, -0.25) is 10.8 Å². The molecule has 0 bridgehead atoms. The van der Waals surface area contributed by atoms with E-state index in [-0.39, 0.29) is 37.2 Å². The second-order valence-electron chi connectivity index (χ2n) is 10.8. The lowest BCUT2D eigenvalue weighted by Crippen LogP contribution is -2.57.